The van der Waals surface area contributed by atoms with Gasteiger partial charge in [0.05, 0.1) is 12.6 Å². The van der Waals surface area contributed by atoms with Crippen LogP contribution >= 0.6 is 0 Å². The number of nitrogens with one attached hydrogen (secondary N) is 1. The molecule has 1 aromatic heterocycles. The van der Waals surface area contributed by atoms with Crippen molar-refractivity contribution in [1.82, 2.24) is 10.3 Å². The van der Waals surface area contributed by atoms with Gasteiger partial charge >= 0.3 is 5.97 Å². The molecule has 18 heavy (non-hydrogen) atoms. The molecule has 2 heterocycles. The number of nitrogens with zero attached hydrogens (tertiary/aromatic N) is 1. The van der Waals surface area contributed by atoms with E-state index in [1.807, 2.05) is 0 Å². The van der Waals surface area contributed by atoms with Gasteiger partial charge in [0, 0.05) is 18.4 Å². The Kier molecular flexibility index (Phi) is 3.88. The Bertz CT molecular complexity index is 455. The third-order valence-electron chi connectivity index (χ3n) is 2.74. The number of amides is 1. The molecule has 0 radical (unpaired) electrons. The molecule has 6 nitrogen and oxygen atoms in total. The van der Waals surface area contributed by atoms with Gasteiger partial charge < -0.3 is 15.2 Å². The van der Waals surface area contributed by atoms with Crippen LogP contribution in [0.1, 0.15) is 33.7 Å². The second-order valence-electron chi connectivity index (χ2n) is 4.12. The number of carbonyl (C=O) groups excluding carboxylic acids is 1. The molecule has 1 unspecified atom stereocenters. The SMILES string of the molecule is O=C(NC1CCCOC1)c1ccnc(C(=O)O)c1. The topological polar surface area (TPSA) is 88.5 Å². The maximum atomic E-state index is 11.9. The van der Waals surface area contributed by atoms with E-state index >= 15 is 0 Å². The molecular weight excluding hydrogens is 236 g/mol. The lowest BCUT2D eigenvalue weighted by molar-refractivity contribution is 0.0624. The van der Waals surface area contributed by atoms with Crippen molar-refractivity contribution < 1.29 is 19.4 Å². The Labute approximate surface area is 104 Å². The molecule has 6 heteroatoms. The van der Waals surface area contributed by atoms with Gasteiger partial charge in [-0.1, -0.05) is 0 Å². The second-order valence-corrected chi connectivity index (χ2v) is 4.12. The Balaban J connectivity index is 2.03. The molecule has 0 aromatic carbocycles. The van der Waals surface area contributed by atoms with Gasteiger partial charge in [-0.15, -0.1) is 0 Å². The highest BCUT2D eigenvalue weighted by Crippen LogP contribution is 2.08. The summed E-state index contributed by atoms with van der Waals surface area (Å²) in [6.07, 6.45) is 3.11. The van der Waals surface area contributed by atoms with E-state index < -0.39 is 5.97 Å². The minimum Gasteiger partial charge on any atom is -0.477 e. The van der Waals surface area contributed by atoms with Gasteiger partial charge in [-0.05, 0) is 25.0 Å². The molecule has 1 aromatic rings. The smallest absolute Gasteiger partial charge is 0.354 e. The average Bonchev–Trinajstić information content (AvgIpc) is 2.40. The van der Waals surface area contributed by atoms with E-state index in [2.05, 4.69) is 10.3 Å². The normalized spacial score (nSPS) is 19.2. The maximum absolute atomic E-state index is 11.9. The Morgan fingerprint density at radius 2 is 2.33 bits per heavy atom. The zero-order chi connectivity index (χ0) is 13.0. The van der Waals surface area contributed by atoms with E-state index in [-0.39, 0.29) is 17.6 Å². The maximum Gasteiger partial charge on any atom is 0.354 e. The summed E-state index contributed by atoms with van der Waals surface area (Å²) >= 11 is 0. The molecule has 1 fully saturated rings. The summed E-state index contributed by atoms with van der Waals surface area (Å²) in [4.78, 5) is 26.3. The molecule has 2 N–H and O–H groups in total. The van der Waals surface area contributed by atoms with Gasteiger partial charge in [0.2, 0.25) is 0 Å². The monoisotopic (exact) mass is 250 g/mol. The van der Waals surface area contributed by atoms with E-state index in [1.54, 1.807) is 0 Å². The minimum atomic E-state index is -1.15. The third-order valence-corrected chi connectivity index (χ3v) is 2.74. The Hall–Kier alpha value is -1.95. The number of hydrogen-bond donors (Lipinski definition) is 2. The predicted octanol–water partition coefficient (Wildman–Crippen LogP) is 0.689. The lowest BCUT2D eigenvalue weighted by Crippen LogP contribution is -2.40. The zero-order valence-electron chi connectivity index (χ0n) is 9.76. The lowest BCUT2D eigenvalue weighted by Gasteiger charge is -2.23. The quantitative estimate of drug-likeness (QED) is 0.823. The summed E-state index contributed by atoms with van der Waals surface area (Å²) in [5, 5.41) is 11.6. The van der Waals surface area contributed by atoms with E-state index in [1.165, 1.54) is 18.3 Å². The van der Waals surface area contributed by atoms with Crippen LogP contribution in [0.2, 0.25) is 0 Å². The lowest BCUT2D eigenvalue weighted by atomic mass is 10.1. The number of hydrogen-bond acceptors (Lipinski definition) is 4. The van der Waals surface area contributed by atoms with Crippen LogP contribution in [0.25, 0.3) is 0 Å². The first-order valence-electron chi connectivity index (χ1n) is 5.75. The van der Waals surface area contributed by atoms with E-state index in [4.69, 9.17) is 9.84 Å². The number of aromatic carboxylic acids is 1. The van der Waals surface area contributed by atoms with Crippen LogP contribution in [-0.4, -0.2) is 41.2 Å². The third kappa shape index (κ3) is 3.04. The number of carbonyl (C=O) groups is 2. The van der Waals surface area contributed by atoms with E-state index in [0.717, 1.165) is 19.4 Å². The molecule has 0 spiro atoms. The number of carboxylic acids is 1. The van der Waals surface area contributed by atoms with Crippen LogP contribution < -0.4 is 5.32 Å². The molecule has 1 saturated heterocycles. The Morgan fingerprint density at radius 3 is 3.00 bits per heavy atom. The van der Waals surface area contributed by atoms with Crippen molar-refractivity contribution in [2.45, 2.75) is 18.9 Å². The van der Waals surface area contributed by atoms with Gasteiger partial charge in [0.1, 0.15) is 5.69 Å². The van der Waals surface area contributed by atoms with Crippen LogP contribution in [0.5, 0.6) is 0 Å². The van der Waals surface area contributed by atoms with Crippen molar-refractivity contribution >= 4 is 11.9 Å². The van der Waals surface area contributed by atoms with Gasteiger partial charge in [-0.2, -0.15) is 0 Å². The van der Waals surface area contributed by atoms with Crippen molar-refractivity contribution in [1.29, 1.82) is 0 Å². The van der Waals surface area contributed by atoms with Crippen molar-refractivity contribution in [3.05, 3.63) is 29.6 Å². The summed E-state index contributed by atoms with van der Waals surface area (Å²) in [5.41, 5.74) is 0.163. The summed E-state index contributed by atoms with van der Waals surface area (Å²) in [6, 6.07) is 2.75. The largest absolute Gasteiger partial charge is 0.477 e. The molecule has 0 saturated carbocycles. The number of rotatable bonds is 3. The molecule has 0 bridgehead atoms. The van der Waals surface area contributed by atoms with Crippen molar-refractivity contribution in [3.63, 3.8) is 0 Å². The number of ether oxygens (including phenoxy) is 1. The predicted molar refractivity (Wildman–Crippen MR) is 62.5 cm³/mol. The van der Waals surface area contributed by atoms with Crippen LogP contribution in [0.4, 0.5) is 0 Å². The summed E-state index contributed by atoms with van der Waals surface area (Å²) in [5.74, 6) is -1.44. The summed E-state index contributed by atoms with van der Waals surface area (Å²) < 4.78 is 5.26. The van der Waals surface area contributed by atoms with Crippen molar-refractivity contribution in [3.8, 4) is 0 Å². The molecule has 96 valence electrons. The van der Waals surface area contributed by atoms with Gasteiger partial charge in [-0.25, -0.2) is 9.78 Å². The first-order chi connectivity index (χ1) is 8.66. The molecule has 1 aliphatic rings. The van der Waals surface area contributed by atoms with E-state index in [9.17, 15) is 9.59 Å². The van der Waals surface area contributed by atoms with E-state index in [0.29, 0.717) is 12.2 Å². The Morgan fingerprint density at radius 1 is 1.50 bits per heavy atom. The van der Waals surface area contributed by atoms with Gasteiger partial charge in [0.25, 0.3) is 5.91 Å². The first-order valence-corrected chi connectivity index (χ1v) is 5.75. The summed E-state index contributed by atoms with van der Waals surface area (Å²) in [7, 11) is 0. The number of carboxylic acid groups (broad SMARTS) is 1. The van der Waals surface area contributed by atoms with Crippen LogP contribution in [0.15, 0.2) is 18.3 Å². The average molecular weight is 250 g/mol. The fourth-order valence-electron chi connectivity index (χ4n) is 1.81. The first kappa shape index (κ1) is 12.5. The molecule has 2 rings (SSSR count). The number of pyridine rings is 1. The van der Waals surface area contributed by atoms with Crippen LogP contribution in [-0.2, 0) is 4.74 Å². The van der Waals surface area contributed by atoms with Crippen molar-refractivity contribution in [2.24, 2.45) is 0 Å². The summed E-state index contributed by atoms with van der Waals surface area (Å²) in [6.45, 7) is 1.23. The molecule has 1 amide bonds. The van der Waals surface area contributed by atoms with Crippen LogP contribution in [0, 0.1) is 0 Å². The standard InChI is InChI=1S/C12H14N2O4/c15-11(14-9-2-1-5-18-7-9)8-3-4-13-10(6-8)12(16)17/h3-4,6,9H,1-2,5,7H2,(H,14,15)(H,16,17). The number of aromatic nitrogens is 1. The fraction of sp³-hybridized carbons (Fsp3) is 0.417. The van der Waals surface area contributed by atoms with Crippen molar-refractivity contribution in [2.75, 3.05) is 13.2 Å². The van der Waals surface area contributed by atoms with Crippen LogP contribution in [0.3, 0.4) is 0 Å². The highest BCUT2D eigenvalue weighted by molar-refractivity contribution is 5.96. The highest BCUT2D eigenvalue weighted by atomic mass is 16.5. The molecule has 0 aliphatic carbocycles. The fourth-order valence-corrected chi connectivity index (χ4v) is 1.81. The minimum absolute atomic E-state index is 0.00677. The highest BCUT2D eigenvalue weighted by Gasteiger charge is 2.18. The molecular formula is C12H14N2O4. The molecule has 1 atom stereocenters. The zero-order valence-corrected chi connectivity index (χ0v) is 9.76. The second kappa shape index (κ2) is 5.59. The molecule has 1 aliphatic heterocycles. The van der Waals surface area contributed by atoms with Gasteiger partial charge in [0.15, 0.2) is 0 Å². The van der Waals surface area contributed by atoms with Gasteiger partial charge in [-0.3, -0.25) is 4.79 Å².